The van der Waals surface area contributed by atoms with Gasteiger partial charge in [0.25, 0.3) is 0 Å². The minimum absolute atomic E-state index is 0.527. The van der Waals surface area contributed by atoms with Gasteiger partial charge >= 0.3 is 0 Å². The highest BCUT2D eigenvalue weighted by atomic mass is 35.5. The van der Waals surface area contributed by atoms with E-state index >= 15 is 0 Å². The molecule has 1 rings (SSSR count). The normalized spacial score (nSPS) is 13.8. The fourth-order valence-electron chi connectivity index (χ4n) is 1.64. The number of nitrogens with zero attached hydrogens (tertiary/aromatic N) is 1. The van der Waals surface area contributed by atoms with Crippen LogP contribution in [0.1, 0.15) is 18.9 Å². The van der Waals surface area contributed by atoms with E-state index in [1.165, 1.54) is 0 Å². The van der Waals surface area contributed by atoms with E-state index in [0.29, 0.717) is 10.8 Å². The van der Waals surface area contributed by atoms with Crippen LogP contribution in [-0.4, -0.2) is 20.7 Å². The molecule has 1 aromatic carbocycles. The number of nitriles is 1. The molecule has 0 spiro atoms. The maximum atomic E-state index is 9.35. The Morgan fingerprint density at radius 3 is 2.76 bits per heavy atom. The van der Waals surface area contributed by atoms with Gasteiger partial charge in [0.1, 0.15) is 5.75 Å². The number of halogens is 1. The van der Waals surface area contributed by atoms with Gasteiger partial charge in [0, 0.05) is 0 Å². The number of benzene rings is 1. The molecular weight excluding hydrogens is 236 g/mol. The molecule has 0 amide bonds. The van der Waals surface area contributed by atoms with Gasteiger partial charge in [-0.1, -0.05) is 17.7 Å². The summed E-state index contributed by atoms with van der Waals surface area (Å²) in [5.74, 6) is 0.607. The van der Waals surface area contributed by atoms with E-state index in [9.17, 15) is 5.26 Å². The molecule has 1 N–H and O–H groups in total. The maximum Gasteiger partial charge on any atom is 0.137 e. The zero-order valence-electron chi connectivity index (χ0n) is 10.4. The van der Waals surface area contributed by atoms with Crippen molar-refractivity contribution in [1.82, 2.24) is 5.32 Å². The fraction of sp³-hybridized carbons (Fsp3) is 0.462. The molecule has 1 aromatic rings. The monoisotopic (exact) mass is 252 g/mol. The molecule has 0 saturated carbocycles. The van der Waals surface area contributed by atoms with E-state index in [4.69, 9.17) is 16.3 Å². The standard InChI is InChI=1S/C13H17ClN2O/c1-13(9-15,6-7-16-2)10-4-5-11(14)12(8-10)17-3/h4-5,8,16H,6-7H2,1-3H3. The second-order valence-electron chi connectivity index (χ2n) is 4.15. The van der Waals surface area contributed by atoms with Crippen LogP contribution in [0.25, 0.3) is 0 Å². The number of nitrogens with one attached hydrogen (secondary N) is 1. The lowest BCUT2D eigenvalue weighted by Crippen LogP contribution is -2.25. The van der Waals surface area contributed by atoms with Crippen LogP contribution in [0, 0.1) is 11.3 Å². The Morgan fingerprint density at radius 2 is 2.24 bits per heavy atom. The first-order valence-corrected chi connectivity index (χ1v) is 5.85. The predicted molar refractivity (Wildman–Crippen MR) is 69.5 cm³/mol. The van der Waals surface area contributed by atoms with Crippen molar-refractivity contribution in [3.8, 4) is 11.8 Å². The molecule has 0 radical (unpaired) electrons. The first kappa shape index (κ1) is 13.8. The van der Waals surface area contributed by atoms with E-state index < -0.39 is 5.41 Å². The zero-order chi connectivity index (χ0) is 12.9. The fourth-order valence-corrected chi connectivity index (χ4v) is 1.84. The summed E-state index contributed by atoms with van der Waals surface area (Å²) in [6.45, 7) is 2.71. The summed E-state index contributed by atoms with van der Waals surface area (Å²) < 4.78 is 5.17. The van der Waals surface area contributed by atoms with Crippen molar-refractivity contribution in [2.45, 2.75) is 18.8 Å². The lowest BCUT2D eigenvalue weighted by atomic mass is 9.81. The molecule has 17 heavy (non-hydrogen) atoms. The highest BCUT2D eigenvalue weighted by Crippen LogP contribution is 2.33. The molecule has 92 valence electrons. The minimum atomic E-state index is -0.527. The van der Waals surface area contributed by atoms with Crippen LogP contribution in [0.15, 0.2) is 18.2 Å². The molecule has 0 aliphatic heterocycles. The van der Waals surface area contributed by atoms with Gasteiger partial charge < -0.3 is 10.1 Å². The molecule has 1 unspecified atom stereocenters. The number of hydrogen-bond acceptors (Lipinski definition) is 3. The van der Waals surface area contributed by atoms with Crippen LogP contribution in [0.4, 0.5) is 0 Å². The van der Waals surface area contributed by atoms with Gasteiger partial charge in [-0.2, -0.15) is 5.26 Å². The first-order valence-electron chi connectivity index (χ1n) is 5.47. The second-order valence-corrected chi connectivity index (χ2v) is 4.55. The smallest absolute Gasteiger partial charge is 0.137 e. The number of ether oxygens (including phenoxy) is 1. The molecule has 0 heterocycles. The Balaban J connectivity index is 3.08. The zero-order valence-corrected chi connectivity index (χ0v) is 11.1. The predicted octanol–water partition coefficient (Wildman–Crippen LogP) is 2.74. The molecule has 3 nitrogen and oxygen atoms in total. The molecular formula is C13H17ClN2O. The van der Waals surface area contributed by atoms with Gasteiger partial charge in [-0.15, -0.1) is 0 Å². The first-order chi connectivity index (χ1) is 8.07. The molecule has 0 fully saturated rings. The van der Waals surface area contributed by atoms with E-state index in [0.717, 1.165) is 18.5 Å². The van der Waals surface area contributed by atoms with Crippen LogP contribution in [-0.2, 0) is 5.41 Å². The number of methoxy groups -OCH3 is 1. The van der Waals surface area contributed by atoms with Gasteiger partial charge in [0.15, 0.2) is 0 Å². The highest BCUT2D eigenvalue weighted by molar-refractivity contribution is 6.32. The Hall–Kier alpha value is -1.24. The van der Waals surface area contributed by atoms with Gasteiger partial charge in [0.2, 0.25) is 0 Å². The third-order valence-electron chi connectivity index (χ3n) is 2.91. The molecule has 0 bridgehead atoms. The van der Waals surface area contributed by atoms with Crippen LogP contribution >= 0.6 is 11.6 Å². The number of hydrogen-bond donors (Lipinski definition) is 1. The van der Waals surface area contributed by atoms with Crippen molar-refractivity contribution in [1.29, 1.82) is 5.26 Å². The largest absolute Gasteiger partial charge is 0.495 e. The van der Waals surface area contributed by atoms with Crippen molar-refractivity contribution < 1.29 is 4.74 Å². The molecule has 1 atom stereocenters. The Bertz CT molecular complexity index is 428. The third-order valence-corrected chi connectivity index (χ3v) is 3.22. The molecule has 0 saturated heterocycles. The van der Waals surface area contributed by atoms with Crippen molar-refractivity contribution >= 4 is 11.6 Å². The van der Waals surface area contributed by atoms with E-state index in [2.05, 4.69) is 11.4 Å². The van der Waals surface area contributed by atoms with Crippen LogP contribution in [0.2, 0.25) is 5.02 Å². The number of rotatable bonds is 5. The Kier molecular flexibility index (Phi) is 4.80. The van der Waals surface area contributed by atoms with Crippen LogP contribution in [0.3, 0.4) is 0 Å². The summed E-state index contributed by atoms with van der Waals surface area (Å²) in [6.07, 6.45) is 0.741. The second kappa shape index (κ2) is 5.90. The van der Waals surface area contributed by atoms with Crippen molar-refractivity contribution in [3.63, 3.8) is 0 Å². The summed E-state index contributed by atoms with van der Waals surface area (Å²) in [6, 6.07) is 7.84. The van der Waals surface area contributed by atoms with Gasteiger partial charge in [-0.3, -0.25) is 0 Å². The lowest BCUT2D eigenvalue weighted by molar-refractivity contribution is 0.412. The SMILES string of the molecule is CNCCC(C)(C#N)c1ccc(Cl)c(OC)c1. The van der Waals surface area contributed by atoms with Crippen molar-refractivity contribution in [2.75, 3.05) is 20.7 Å². The summed E-state index contributed by atoms with van der Waals surface area (Å²) >= 11 is 5.97. The van der Waals surface area contributed by atoms with Gasteiger partial charge in [-0.25, -0.2) is 0 Å². The van der Waals surface area contributed by atoms with Crippen LogP contribution < -0.4 is 10.1 Å². The molecule has 4 heteroatoms. The quantitative estimate of drug-likeness (QED) is 0.877. The van der Waals surface area contributed by atoms with E-state index in [-0.39, 0.29) is 0 Å². The summed E-state index contributed by atoms with van der Waals surface area (Å²) in [5.41, 5.74) is 0.400. The third kappa shape index (κ3) is 3.12. The molecule has 0 aliphatic carbocycles. The maximum absolute atomic E-state index is 9.35. The van der Waals surface area contributed by atoms with Crippen LogP contribution in [0.5, 0.6) is 5.75 Å². The summed E-state index contributed by atoms with van der Waals surface area (Å²) in [4.78, 5) is 0. The van der Waals surface area contributed by atoms with Gasteiger partial charge in [-0.05, 0) is 44.6 Å². The minimum Gasteiger partial charge on any atom is -0.495 e. The average Bonchev–Trinajstić information content (AvgIpc) is 2.36. The van der Waals surface area contributed by atoms with E-state index in [1.807, 2.05) is 26.1 Å². The summed E-state index contributed by atoms with van der Waals surface area (Å²) in [7, 11) is 3.45. The molecule has 0 aliphatic rings. The Morgan fingerprint density at radius 1 is 1.53 bits per heavy atom. The topological polar surface area (TPSA) is 45.0 Å². The van der Waals surface area contributed by atoms with Crippen molar-refractivity contribution in [3.05, 3.63) is 28.8 Å². The van der Waals surface area contributed by atoms with E-state index in [1.54, 1.807) is 13.2 Å². The highest BCUT2D eigenvalue weighted by Gasteiger charge is 2.26. The van der Waals surface area contributed by atoms with Gasteiger partial charge in [0.05, 0.1) is 23.6 Å². The molecule has 0 aromatic heterocycles. The summed E-state index contributed by atoms with van der Waals surface area (Å²) in [5, 5.41) is 13.0. The Labute approximate surface area is 107 Å². The lowest BCUT2D eigenvalue weighted by Gasteiger charge is -2.22. The van der Waals surface area contributed by atoms with Crippen molar-refractivity contribution in [2.24, 2.45) is 0 Å². The average molecular weight is 253 g/mol.